The Morgan fingerprint density at radius 3 is 2.79 bits per heavy atom. The van der Waals surface area contributed by atoms with Gasteiger partial charge in [0.1, 0.15) is 30.7 Å². The molecule has 19 heavy (non-hydrogen) atoms. The molecule has 0 amide bonds. The predicted molar refractivity (Wildman–Crippen MR) is 61.9 cm³/mol. The largest absolute Gasteiger partial charge is 0.394 e. The van der Waals surface area contributed by atoms with Crippen LogP contribution in [0.25, 0.3) is 5.65 Å². The third kappa shape index (κ3) is 1.75. The molecule has 1 fully saturated rings. The van der Waals surface area contributed by atoms with Crippen molar-refractivity contribution in [2.75, 3.05) is 12.3 Å². The monoisotopic (exact) mass is 267 g/mol. The van der Waals surface area contributed by atoms with Crippen LogP contribution in [0.4, 0.5) is 5.95 Å². The molecule has 3 rings (SSSR count). The Morgan fingerprint density at radius 1 is 1.32 bits per heavy atom. The summed E-state index contributed by atoms with van der Waals surface area (Å²) < 4.78 is 6.73. The van der Waals surface area contributed by atoms with Gasteiger partial charge < -0.3 is 25.8 Å². The van der Waals surface area contributed by atoms with E-state index in [2.05, 4.69) is 15.1 Å². The average Bonchev–Trinajstić information content (AvgIpc) is 2.94. The van der Waals surface area contributed by atoms with Gasteiger partial charge in [-0.05, 0) is 0 Å². The molecular formula is C10H13N5O4. The SMILES string of the molecule is Nc1ncnc2c([C@H]3O[C@@H](CO)C(O)C3O)cnn12. The summed E-state index contributed by atoms with van der Waals surface area (Å²) in [5.41, 5.74) is 6.51. The van der Waals surface area contributed by atoms with Gasteiger partial charge in [0.05, 0.1) is 12.8 Å². The lowest BCUT2D eigenvalue weighted by molar-refractivity contribution is -0.0224. The Kier molecular flexibility index (Phi) is 2.82. The molecule has 1 aliphatic rings. The zero-order valence-electron chi connectivity index (χ0n) is 9.79. The number of ether oxygens (including phenoxy) is 1. The van der Waals surface area contributed by atoms with Crippen LogP contribution in [-0.2, 0) is 4.74 Å². The number of hydrogen-bond donors (Lipinski definition) is 4. The van der Waals surface area contributed by atoms with Gasteiger partial charge in [-0.25, -0.2) is 9.97 Å². The van der Waals surface area contributed by atoms with Crippen molar-refractivity contribution in [3.63, 3.8) is 0 Å². The minimum atomic E-state index is -1.17. The first-order valence-corrected chi connectivity index (χ1v) is 5.70. The molecule has 102 valence electrons. The van der Waals surface area contributed by atoms with Gasteiger partial charge in [0, 0.05) is 5.56 Å². The standard InChI is InChI=1S/C10H13N5O4/c11-10-13-3-12-9-4(1-14-15(9)10)8-7(18)6(17)5(2-16)19-8/h1,3,5-8,16-18H,2H2,(H2,11,12,13)/t5-,6?,7?,8+/m0/s1. The van der Waals surface area contributed by atoms with E-state index in [1.165, 1.54) is 17.0 Å². The summed E-state index contributed by atoms with van der Waals surface area (Å²) in [6.45, 7) is -0.384. The van der Waals surface area contributed by atoms with Crippen molar-refractivity contribution in [3.8, 4) is 0 Å². The van der Waals surface area contributed by atoms with Gasteiger partial charge in [-0.15, -0.1) is 0 Å². The van der Waals surface area contributed by atoms with Crippen molar-refractivity contribution in [3.05, 3.63) is 18.1 Å². The van der Waals surface area contributed by atoms with E-state index in [9.17, 15) is 10.2 Å². The minimum absolute atomic E-state index is 0.156. The number of aromatic nitrogens is 4. The lowest BCUT2D eigenvalue weighted by Crippen LogP contribution is -2.32. The molecule has 0 bridgehead atoms. The Morgan fingerprint density at radius 2 is 2.11 bits per heavy atom. The van der Waals surface area contributed by atoms with Crippen LogP contribution in [0.2, 0.25) is 0 Å². The number of hydrogen-bond acceptors (Lipinski definition) is 8. The number of anilines is 1. The van der Waals surface area contributed by atoms with E-state index < -0.39 is 24.4 Å². The van der Waals surface area contributed by atoms with E-state index in [4.69, 9.17) is 15.6 Å². The van der Waals surface area contributed by atoms with Crippen molar-refractivity contribution in [2.24, 2.45) is 0 Å². The summed E-state index contributed by atoms with van der Waals surface area (Å²) in [5, 5.41) is 32.8. The highest BCUT2D eigenvalue weighted by Crippen LogP contribution is 2.34. The molecule has 9 heteroatoms. The predicted octanol–water partition coefficient (Wildman–Crippen LogP) is -2.14. The molecule has 5 N–H and O–H groups in total. The third-order valence-corrected chi connectivity index (χ3v) is 3.21. The third-order valence-electron chi connectivity index (χ3n) is 3.21. The van der Waals surface area contributed by atoms with Crippen LogP contribution in [0.5, 0.6) is 0 Å². The molecular weight excluding hydrogens is 254 g/mol. The molecule has 3 heterocycles. The molecule has 9 nitrogen and oxygen atoms in total. The Bertz CT molecular complexity index is 603. The van der Waals surface area contributed by atoms with Crippen LogP contribution in [0.1, 0.15) is 11.7 Å². The molecule has 1 saturated heterocycles. The number of aliphatic hydroxyl groups excluding tert-OH is 3. The fourth-order valence-electron chi connectivity index (χ4n) is 2.21. The molecule has 2 unspecified atom stereocenters. The smallest absolute Gasteiger partial charge is 0.224 e. The van der Waals surface area contributed by atoms with E-state index in [-0.39, 0.29) is 12.6 Å². The van der Waals surface area contributed by atoms with Crippen LogP contribution >= 0.6 is 0 Å². The van der Waals surface area contributed by atoms with E-state index >= 15 is 0 Å². The second kappa shape index (κ2) is 4.38. The molecule has 4 atom stereocenters. The number of rotatable bonds is 2. The number of aliphatic hydroxyl groups is 3. The zero-order chi connectivity index (χ0) is 13.6. The second-order valence-corrected chi connectivity index (χ2v) is 4.33. The van der Waals surface area contributed by atoms with Crippen molar-refractivity contribution in [1.82, 2.24) is 19.6 Å². The van der Waals surface area contributed by atoms with Crippen LogP contribution in [0, 0.1) is 0 Å². The van der Waals surface area contributed by atoms with Gasteiger partial charge in [-0.1, -0.05) is 0 Å². The number of nitrogen functional groups attached to an aromatic ring is 1. The molecule has 0 aromatic carbocycles. The molecule has 2 aromatic rings. The quantitative estimate of drug-likeness (QED) is 0.483. The minimum Gasteiger partial charge on any atom is -0.394 e. The Balaban J connectivity index is 2.04. The highest BCUT2D eigenvalue weighted by Gasteiger charge is 2.44. The van der Waals surface area contributed by atoms with Gasteiger partial charge in [0.25, 0.3) is 0 Å². The van der Waals surface area contributed by atoms with Crippen LogP contribution in [0.3, 0.4) is 0 Å². The fourth-order valence-corrected chi connectivity index (χ4v) is 2.21. The zero-order valence-corrected chi connectivity index (χ0v) is 9.79. The van der Waals surface area contributed by atoms with Crippen molar-refractivity contribution in [1.29, 1.82) is 0 Å². The molecule has 0 saturated carbocycles. The Hall–Kier alpha value is -1.81. The van der Waals surface area contributed by atoms with Gasteiger partial charge in [-0.3, -0.25) is 0 Å². The van der Waals surface area contributed by atoms with Crippen LogP contribution in [-0.4, -0.2) is 59.8 Å². The highest BCUT2D eigenvalue weighted by atomic mass is 16.6. The number of nitrogens with two attached hydrogens (primary N) is 1. The first kappa shape index (κ1) is 12.2. The molecule has 0 aliphatic carbocycles. The number of nitrogens with zero attached hydrogens (tertiary/aromatic N) is 4. The number of fused-ring (bicyclic) bond motifs is 1. The topological polar surface area (TPSA) is 139 Å². The van der Waals surface area contributed by atoms with Crippen molar-refractivity contribution < 1.29 is 20.1 Å². The van der Waals surface area contributed by atoms with Crippen molar-refractivity contribution in [2.45, 2.75) is 24.4 Å². The average molecular weight is 267 g/mol. The molecule has 0 spiro atoms. The summed E-state index contributed by atoms with van der Waals surface area (Å²) in [6, 6.07) is 0. The van der Waals surface area contributed by atoms with Crippen LogP contribution in [0.15, 0.2) is 12.5 Å². The lowest BCUT2D eigenvalue weighted by Gasteiger charge is -2.12. The Labute approximate surface area is 107 Å². The summed E-state index contributed by atoms with van der Waals surface area (Å²) >= 11 is 0. The fraction of sp³-hybridized carbons (Fsp3) is 0.500. The lowest BCUT2D eigenvalue weighted by atomic mass is 10.0. The van der Waals surface area contributed by atoms with Crippen LogP contribution < -0.4 is 5.73 Å². The summed E-state index contributed by atoms with van der Waals surface area (Å²) in [4.78, 5) is 7.82. The highest BCUT2D eigenvalue weighted by molar-refractivity contribution is 5.50. The van der Waals surface area contributed by atoms with Gasteiger partial charge in [0.15, 0.2) is 5.65 Å². The molecule has 1 aliphatic heterocycles. The summed E-state index contributed by atoms with van der Waals surface area (Å²) in [5.74, 6) is 0.156. The van der Waals surface area contributed by atoms with Gasteiger partial charge in [0.2, 0.25) is 5.95 Å². The molecule has 0 radical (unpaired) electrons. The summed E-state index contributed by atoms with van der Waals surface area (Å²) in [7, 11) is 0. The maximum atomic E-state index is 9.96. The maximum absolute atomic E-state index is 9.96. The first-order valence-electron chi connectivity index (χ1n) is 5.70. The first-order chi connectivity index (χ1) is 9.13. The van der Waals surface area contributed by atoms with E-state index in [0.29, 0.717) is 11.2 Å². The van der Waals surface area contributed by atoms with Gasteiger partial charge in [-0.2, -0.15) is 9.61 Å². The van der Waals surface area contributed by atoms with E-state index in [1.54, 1.807) is 0 Å². The molecule has 2 aromatic heterocycles. The summed E-state index contributed by atoms with van der Waals surface area (Å²) in [6.07, 6.45) is -1.27. The van der Waals surface area contributed by atoms with Crippen molar-refractivity contribution >= 4 is 11.6 Å². The van der Waals surface area contributed by atoms with Gasteiger partial charge >= 0.3 is 0 Å². The second-order valence-electron chi connectivity index (χ2n) is 4.33. The normalized spacial score (nSPS) is 31.1. The van der Waals surface area contributed by atoms with E-state index in [1.807, 2.05) is 0 Å². The maximum Gasteiger partial charge on any atom is 0.224 e. The van der Waals surface area contributed by atoms with E-state index in [0.717, 1.165) is 0 Å².